The summed E-state index contributed by atoms with van der Waals surface area (Å²) in [7, 11) is 0. The van der Waals surface area contributed by atoms with E-state index < -0.39 is 0 Å². The molecule has 0 aromatic heterocycles. The van der Waals surface area contributed by atoms with Crippen LogP contribution in [0.15, 0.2) is 133 Å². The van der Waals surface area contributed by atoms with Crippen molar-refractivity contribution in [3.8, 4) is 11.1 Å². The van der Waals surface area contributed by atoms with Gasteiger partial charge in [-0.1, -0.05) is 107 Å². The van der Waals surface area contributed by atoms with Crippen molar-refractivity contribution in [2.75, 3.05) is 0 Å². The molecule has 34 heavy (non-hydrogen) atoms. The first kappa shape index (κ1) is 27.4. The first-order chi connectivity index (χ1) is 15.8. The van der Waals surface area contributed by atoms with Crippen LogP contribution in [0.4, 0.5) is 0 Å². The monoisotopic (exact) mass is 516 g/mol. The first-order valence-corrected chi connectivity index (χ1v) is 11.0. The molecule has 0 N–H and O–H groups in total. The second-order valence-electron chi connectivity index (χ2n) is 7.73. The summed E-state index contributed by atoms with van der Waals surface area (Å²) in [6.07, 6.45) is 1.05. The number of hydrogen-bond acceptors (Lipinski definition) is 0. The number of benzene rings is 4. The normalized spacial score (nSPS) is 10.2. The van der Waals surface area contributed by atoms with Crippen LogP contribution in [0.1, 0.15) is 28.2 Å². The van der Waals surface area contributed by atoms with Crippen molar-refractivity contribution < 1.29 is 26.2 Å². The molecule has 0 unspecified atom stereocenters. The van der Waals surface area contributed by atoms with E-state index in [0.29, 0.717) is 0 Å². The van der Waals surface area contributed by atoms with Crippen LogP contribution >= 0.6 is 0 Å². The van der Waals surface area contributed by atoms with Gasteiger partial charge >= 0.3 is 26.2 Å². The molecule has 0 atom stereocenters. The van der Waals surface area contributed by atoms with E-state index in [1.807, 2.05) is 48.5 Å². The average Bonchev–Trinajstić information content (AvgIpc) is 3.57. The maximum atomic E-state index is 4.18. The van der Waals surface area contributed by atoms with Gasteiger partial charge in [-0.3, -0.25) is 0 Å². The molecule has 0 radical (unpaired) electrons. The van der Waals surface area contributed by atoms with Crippen LogP contribution in [0, 0.1) is 20.4 Å². The topological polar surface area (TPSA) is 0 Å². The summed E-state index contributed by atoms with van der Waals surface area (Å²) in [6.45, 7) is 4.18. The zero-order valence-electron chi connectivity index (χ0n) is 19.7. The molecule has 1 heteroatoms. The fourth-order valence-electron chi connectivity index (χ4n) is 3.88. The minimum absolute atomic E-state index is 0. The molecule has 5 aromatic rings. The molecule has 0 spiro atoms. The molecule has 0 heterocycles. The van der Waals surface area contributed by atoms with Gasteiger partial charge in [0.1, 0.15) is 0 Å². The van der Waals surface area contributed by atoms with Gasteiger partial charge < -0.3 is 14.4 Å². The second-order valence-corrected chi connectivity index (χ2v) is 7.73. The maximum absolute atomic E-state index is 4.18. The van der Waals surface area contributed by atoms with E-state index in [4.69, 9.17) is 0 Å². The molecule has 0 bridgehead atoms. The molecule has 1 aliphatic rings. The van der Waals surface area contributed by atoms with Crippen molar-refractivity contribution in [3.05, 3.63) is 176 Å². The van der Waals surface area contributed by atoms with Crippen molar-refractivity contribution in [1.82, 2.24) is 0 Å². The Bertz CT molecular complexity index is 1090. The minimum Gasteiger partial charge on any atom is -0.358 e. The Kier molecular flexibility index (Phi) is 11.6. The Balaban J connectivity index is 0.000000191. The molecule has 0 amide bonds. The van der Waals surface area contributed by atoms with Crippen molar-refractivity contribution in [2.24, 2.45) is 0 Å². The third-order valence-corrected chi connectivity index (χ3v) is 5.58. The van der Waals surface area contributed by atoms with Gasteiger partial charge in [0.2, 0.25) is 0 Å². The van der Waals surface area contributed by atoms with Gasteiger partial charge in [-0.2, -0.15) is 48.0 Å². The summed E-state index contributed by atoms with van der Waals surface area (Å²) >= 11 is 0. The van der Waals surface area contributed by atoms with Crippen LogP contribution in [-0.4, -0.2) is 0 Å². The molecular formula is C33H30Zr. The minimum atomic E-state index is 0. The Hall–Kier alpha value is -2.89. The van der Waals surface area contributed by atoms with E-state index in [9.17, 15) is 0 Å². The zero-order valence-corrected chi connectivity index (χ0v) is 22.2. The standard InChI is InChI=1S/C14H13.C13H9.C5H5.CH3.Zr/c1-12(13-8-4-2-5-9-13)14-10-6-3-7-11-14;1-3-7-12-10(5-1)9-11-6-2-4-8-13(11)12;1-2-4-5-3-1;;/h2-12H,1H2;1-5,7-8H,9H2;1-5H;1H3;/q4*-1;+4. The van der Waals surface area contributed by atoms with Crippen LogP contribution in [0.25, 0.3) is 11.1 Å². The van der Waals surface area contributed by atoms with E-state index in [2.05, 4.69) is 97.9 Å². The zero-order chi connectivity index (χ0) is 22.0. The molecule has 0 saturated heterocycles. The summed E-state index contributed by atoms with van der Waals surface area (Å²) in [5, 5.41) is 0. The maximum Gasteiger partial charge on any atom is 4.00 e. The molecule has 0 saturated carbocycles. The second kappa shape index (κ2) is 14.4. The summed E-state index contributed by atoms with van der Waals surface area (Å²) in [6, 6.07) is 48.8. The smallest absolute Gasteiger partial charge is 0.358 e. The predicted molar refractivity (Wildman–Crippen MR) is 142 cm³/mol. The van der Waals surface area contributed by atoms with Gasteiger partial charge in [-0.15, -0.1) is 11.5 Å². The van der Waals surface area contributed by atoms with E-state index >= 15 is 0 Å². The van der Waals surface area contributed by atoms with Gasteiger partial charge in [0.05, 0.1) is 0 Å². The summed E-state index contributed by atoms with van der Waals surface area (Å²) in [5.74, 6) is 0.234. The third-order valence-electron chi connectivity index (χ3n) is 5.58. The Morgan fingerprint density at radius 3 is 1.74 bits per heavy atom. The molecule has 0 aliphatic heterocycles. The van der Waals surface area contributed by atoms with Crippen LogP contribution < -0.4 is 0 Å². The number of rotatable bonds is 2. The van der Waals surface area contributed by atoms with Crippen molar-refractivity contribution in [3.63, 3.8) is 0 Å². The van der Waals surface area contributed by atoms with Crippen molar-refractivity contribution in [1.29, 1.82) is 0 Å². The van der Waals surface area contributed by atoms with Gasteiger partial charge in [-0.25, -0.2) is 12.1 Å². The Morgan fingerprint density at radius 1 is 0.647 bits per heavy atom. The third kappa shape index (κ3) is 7.31. The van der Waals surface area contributed by atoms with Crippen LogP contribution in [0.2, 0.25) is 0 Å². The summed E-state index contributed by atoms with van der Waals surface area (Å²) < 4.78 is 0. The fourth-order valence-corrected chi connectivity index (χ4v) is 3.88. The molecular weight excluding hydrogens is 488 g/mol. The van der Waals surface area contributed by atoms with Crippen LogP contribution in [0.5, 0.6) is 0 Å². The fraction of sp³-hybridized carbons (Fsp3) is 0.0606. The SMILES string of the molecule is [CH2-]C(c1ccccc1)c1ccccc1.[CH3-].[Zr+4].[c-]1cccc2c1Cc1ccccc1-2.c1cc[cH-]c1. The summed E-state index contributed by atoms with van der Waals surface area (Å²) in [4.78, 5) is 0. The van der Waals surface area contributed by atoms with Gasteiger partial charge in [-0.05, 0) is 6.42 Å². The molecule has 0 fully saturated rings. The van der Waals surface area contributed by atoms with E-state index in [1.165, 1.54) is 33.4 Å². The van der Waals surface area contributed by atoms with Crippen molar-refractivity contribution in [2.45, 2.75) is 12.3 Å². The molecule has 6 rings (SSSR count). The van der Waals surface area contributed by atoms with Crippen molar-refractivity contribution >= 4 is 0 Å². The van der Waals surface area contributed by atoms with E-state index in [0.717, 1.165) is 6.42 Å². The first-order valence-electron chi connectivity index (χ1n) is 11.0. The molecule has 166 valence electrons. The van der Waals surface area contributed by atoms with Crippen LogP contribution in [-0.2, 0) is 32.6 Å². The number of fused-ring (bicyclic) bond motifs is 3. The molecule has 1 aliphatic carbocycles. The number of hydrogen-bond donors (Lipinski definition) is 0. The largest absolute Gasteiger partial charge is 4.00 e. The summed E-state index contributed by atoms with van der Waals surface area (Å²) in [5.41, 5.74) is 8.04. The van der Waals surface area contributed by atoms with E-state index in [-0.39, 0.29) is 39.5 Å². The van der Waals surface area contributed by atoms with Crippen LogP contribution in [0.3, 0.4) is 0 Å². The van der Waals surface area contributed by atoms with Gasteiger partial charge in [0.15, 0.2) is 0 Å². The Morgan fingerprint density at radius 2 is 1.18 bits per heavy atom. The quantitative estimate of drug-likeness (QED) is 0.202. The van der Waals surface area contributed by atoms with Gasteiger partial charge in [0, 0.05) is 0 Å². The average molecular weight is 518 g/mol. The molecule has 5 aromatic carbocycles. The van der Waals surface area contributed by atoms with E-state index in [1.54, 1.807) is 0 Å². The predicted octanol–water partition coefficient (Wildman–Crippen LogP) is 8.56. The molecule has 0 nitrogen and oxygen atoms in total. The van der Waals surface area contributed by atoms with Gasteiger partial charge in [0.25, 0.3) is 0 Å². The Labute approximate surface area is 224 Å².